The van der Waals surface area contributed by atoms with Crippen molar-refractivity contribution in [3.8, 4) is 0 Å². The first-order valence-corrected chi connectivity index (χ1v) is 5.74. The van der Waals surface area contributed by atoms with E-state index in [9.17, 15) is 4.79 Å². The molecule has 1 fully saturated rings. The second-order valence-corrected chi connectivity index (χ2v) is 4.81. The van der Waals surface area contributed by atoms with Gasteiger partial charge in [0, 0.05) is 11.7 Å². The fourth-order valence-electron chi connectivity index (χ4n) is 1.90. The highest BCUT2D eigenvalue weighted by atomic mass is 16.5. The predicted molar refractivity (Wildman–Crippen MR) is 66.7 cm³/mol. The third kappa shape index (κ3) is 2.18. The van der Waals surface area contributed by atoms with E-state index >= 15 is 0 Å². The summed E-state index contributed by atoms with van der Waals surface area (Å²) in [6, 6.07) is 7.44. The van der Waals surface area contributed by atoms with Gasteiger partial charge in [0.05, 0.1) is 18.6 Å². The SMILES string of the molecule is Cc1ccccc1NC(=O)C1(C)COCC1N. The van der Waals surface area contributed by atoms with Gasteiger partial charge in [-0.05, 0) is 25.5 Å². The lowest BCUT2D eigenvalue weighted by molar-refractivity contribution is -0.125. The Bertz CT molecular complexity index is 433. The highest BCUT2D eigenvalue weighted by Gasteiger charge is 2.44. The molecule has 2 unspecified atom stereocenters. The van der Waals surface area contributed by atoms with E-state index in [0.29, 0.717) is 13.2 Å². The van der Waals surface area contributed by atoms with E-state index in [-0.39, 0.29) is 11.9 Å². The molecule has 1 aromatic carbocycles. The third-order valence-electron chi connectivity index (χ3n) is 3.43. The number of benzene rings is 1. The third-order valence-corrected chi connectivity index (χ3v) is 3.43. The second-order valence-electron chi connectivity index (χ2n) is 4.81. The number of carbonyl (C=O) groups excluding carboxylic acids is 1. The van der Waals surface area contributed by atoms with Crippen molar-refractivity contribution in [3.63, 3.8) is 0 Å². The zero-order valence-corrected chi connectivity index (χ0v) is 10.2. The average Bonchev–Trinajstić information content (AvgIpc) is 2.64. The molecular formula is C13H18N2O2. The molecule has 1 heterocycles. The standard InChI is InChI=1S/C13H18N2O2/c1-9-5-3-4-6-10(9)15-12(16)13(2)8-17-7-11(13)14/h3-6,11H,7-8,14H2,1-2H3,(H,15,16). The molecule has 4 nitrogen and oxygen atoms in total. The van der Waals surface area contributed by atoms with Gasteiger partial charge in [-0.1, -0.05) is 18.2 Å². The van der Waals surface area contributed by atoms with Gasteiger partial charge in [-0.25, -0.2) is 0 Å². The van der Waals surface area contributed by atoms with Crippen molar-refractivity contribution in [1.82, 2.24) is 0 Å². The van der Waals surface area contributed by atoms with Crippen LogP contribution in [0.4, 0.5) is 5.69 Å². The second kappa shape index (κ2) is 4.47. The van der Waals surface area contributed by atoms with Crippen LogP contribution in [0.3, 0.4) is 0 Å². The van der Waals surface area contributed by atoms with Crippen LogP contribution in [-0.4, -0.2) is 25.2 Å². The van der Waals surface area contributed by atoms with Crippen LogP contribution in [0.25, 0.3) is 0 Å². The van der Waals surface area contributed by atoms with E-state index in [1.54, 1.807) is 0 Å². The van der Waals surface area contributed by atoms with Gasteiger partial charge in [0.15, 0.2) is 0 Å². The molecule has 1 saturated heterocycles. The van der Waals surface area contributed by atoms with Crippen molar-refractivity contribution in [2.24, 2.45) is 11.1 Å². The molecule has 3 N–H and O–H groups in total. The summed E-state index contributed by atoms with van der Waals surface area (Å²) >= 11 is 0. The first-order chi connectivity index (χ1) is 8.04. The Labute approximate surface area is 101 Å². The lowest BCUT2D eigenvalue weighted by atomic mass is 9.84. The molecule has 4 heteroatoms. The molecule has 92 valence electrons. The molecule has 2 atom stereocenters. The van der Waals surface area contributed by atoms with Crippen LogP contribution in [0.5, 0.6) is 0 Å². The fourth-order valence-corrected chi connectivity index (χ4v) is 1.90. The van der Waals surface area contributed by atoms with Gasteiger partial charge in [0.1, 0.15) is 0 Å². The molecule has 1 aliphatic heterocycles. The van der Waals surface area contributed by atoms with Crippen LogP contribution < -0.4 is 11.1 Å². The van der Waals surface area contributed by atoms with Gasteiger partial charge in [-0.2, -0.15) is 0 Å². The number of para-hydroxylation sites is 1. The van der Waals surface area contributed by atoms with E-state index in [2.05, 4.69) is 5.32 Å². The normalized spacial score (nSPS) is 28.1. The summed E-state index contributed by atoms with van der Waals surface area (Å²) in [5, 5.41) is 2.92. The maximum Gasteiger partial charge on any atom is 0.234 e. The van der Waals surface area contributed by atoms with E-state index in [1.165, 1.54) is 0 Å². The Kier molecular flexibility index (Phi) is 3.17. The fraction of sp³-hybridized carbons (Fsp3) is 0.462. The van der Waals surface area contributed by atoms with E-state index in [1.807, 2.05) is 38.1 Å². The van der Waals surface area contributed by atoms with Gasteiger partial charge in [0.25, 0.3) is 0 Å². The number of anilines is 1. The monoisotopic (exact) mass is 234 g/mol. The highest BCUT2D eigenvalue weighted by Crippen LogP contribution is 2.29. The highest BCUT2D eigenvalue weighted by molar-refractivity contribution is 5.96. The number of ether oxygens (including phenoxy) is 1. The Balaban J connectivity index is 2.15. The number of nitrogens with one attached hydrogen (secondary N) is 1. The quantitative estimate of drug-likeness (QED) is 0.810. The van der Waals surface area contributed by atoms with Gasteiger partial charge in [-0.3, -0.25) is 4.79 Å². The first kappa shape index (κ1) is 12.1. The van der Waals surface area contributed by atoms with E-state index < -0.39 is 5.41 Å². The molecule has 0 radical (unpaired) electrons. The van der Waals surface area contributed by atoms with Gasteiger partial charge in [0.2, 0.25) is 5.91 Å². The summed E-state index contributed by atoms with van der Waals surface area (Å²) in [6.07, 6.45) is 0. The van der Waals surface area contributed by atoms with Gasteiger partial charge < -0.3 is 15.8 Å². The van der Waals surface area contributed by atoms with Gasteiger partial charge in [-0.15, -0.1) is 0 Å². The minimum Gasteiger partial charge on any atom is -0.379 e. The van der Waals surface area contributed by atoms with Crippen LogP contribution >= 0.6 is 0 Å². The molecule has 2 rings (SSSR count). The molecule has 17 heavy (non-hydrogen) atoms. The summed E-state index contributed by atoms with van der Waals surface area (Å²) in [6.45, 7) is 4.63. The summed E-state index contributed by atoms with van der Waals surface area (Å²) in [5.41, 5.74) is 7.15. The molecule has 0 saturated carbocycles. The molecule has 0 spiro atoms. The Morgan fingerprint density at radius 2 is 2.24 bits per heavy atom. The van der Waals surface area contributed by atoms with E-state index in [4.69, 9.17) is 10.5 Å². The molecule has 0 aromatic heterocycles. The van der Waals surface area contributed by atoms with Crippen molar-refractivity contribution in [2.75, 3.05) is 18.5 Å². The largest absolute Gasteiger partial charge is 0.379 e. The number of amides is 1. The van der Waals surface area contributed by atoms with Crippen molar-refractivity contribution in [3.05, 3.63) is 29.8 Å². The summed E-state index contributed by atoms with van der Waals surface area (Å²) in [4.78, 5) is 12.2. The van der Waals surface area contributed by atoms with E-state index in [0.717, 1.165) is 11.3 Å². The van der Waals surface area contributed by atoms with Gasteiger partial charge >= 0.3 is 0 Å². The predicted octanol–water partition coefficient (Wildman–Crippen LogP) is 1.30. The van der Waals surface area contributed by atoms with Crippen LogP contribution in [0.15, 0.2) is 24.3 Å². The minimum atomic E-state index is -0.637. The molecule has 0 aliphatic carbocycles. The average molecular weight is 234 g/mol. The molecule has 0 bridgehead atoms. The minimum absolute atomic E-state index is 0.0724. The summed E-state index contributed by atoms with van der Waals surface area (Å²) in [7, 11) is 0. The maximum atomic E-state index is 12.2. The van der Waals surface area contributed by atoms with Crippen LogP contribution in [-0.2, 0) is 9.53 Å². The van der Waals surface area contributed by atoms with Crippen molar-refractivity contribution in [2.45, 2.75) is 19.9 Å². The Morgan fingerprint density at radius 3 is 2.82 bits per heavy atom. The van der Waals surface area contributed by atoms with Crippen LogP contribution in [0, 0.1) is 12.3 Å². The zero-order valence-electron chi connectivity index (χ0n) is 10.2. The molecule has 1 amide bonds. The summed E-state index contributed by atoms with van der Waals surface area (Å²) < 4.78 is 5.28. The van der Waals surface area contributed by atoms with Crippen LogP contribution in [0.1, 0.15) is 12.5 Å². The number of aryl methyl sites for hydroxylation is 1. The lowest BCUT2D eigenvalue weighted by Crippen LogP contribution is -2.47. The van der Waals surface area contributed by atoms with Crippen molar-refractivity contribution >= 4 is 11.6 Å². The number of rotatable bonds is 2. The smallest absolute Gasteiger partial charge is 0.234 e. The Hall–Kier alpha value is -1.39. The molecule has 1 aromatic rings. The van der Waals surface area contributed by atoms with Crippen molar-refractivity contribution < 1.29 is 9.53 Å². The zero-order chi connectivity index (χ0) is 12.5. The maximum absolute atomic E-state index is 12.2. The number of hydrogen-bond donors (Lipinski definition) is 2. The summed E-state index contributed by atoms with van der Waals surface area (Å²) in [5.74, 6) is -0.0724. The Morgan fingerprint density at radius 1 is 1.53 bits per heavy atom. The number of carbonyl (C=O) groups is 1. The lowest BCUT2D eigenvalue weighted by Gasteiger charge is -2.25. The number of hydrogen-bond acceptors (Lipinski definition) is 3. The van der Waals surface area contributed by atoms with Crippen molar-refractivity contribution in [1.29, 1.82) is 0 Å². The molecular weight excluding hydrogens is 216 g/mol. The topological polar surface area (TPSA) is 64.3 Å². The molecule has 1 aliphatic rings. The van der Waals surface area contributed by atoms with Crippen LogP contribution in [0.2, 0.25) is 0 Å². The first-order valence-electron chi connectivity index (χ1n) is 5.74. The number of nitrogens with two attached hydrogens (primary N) is 1.